The van der Waals surface area contributed by atoms with Gasteiger partial charge in [0.15, 0.2) is 0 Å². The van der Waals surface area contributed by atoms with Gasteiger partial charge < -0.3 is 10.5 Å². The average Bonchev–Trinajstić information content (AvgIpc) is 2.81. The molecule has 0 radical (unpaired) electrons. The summed E-state index contributed by atoms with van der Waals surface area (Å²) in [7, 11) is 1.56. The maximum atomic E-state index is 6.07. The Morgan fingerprint density at radius 1 is 1.40 bits per heavy atom. The lowest BCUT2D eigenvalue weighted by Gasteiger charge is -2.11. The molecule has 2 N–H and O–H groups in total. The van der Waals surface area contributed by atoms with Crippen molar-refractivity contribution in [3.05, 3.63) is 40.5 Å². The third kappa shape index (κ3) is 1.98. The molecular formula is C10H11N3OS. The van der Waals surface area contributed by atoms with Crippen molar-refractivity contribution in [3.63, 3.8) is 0 Å². The van der Waals surface area contributed by atoms with Crippen molar-refractivity contribution in [3.8, 4) is 5.88 Å². The van der Waals surface area contributed by atoms with Crippen LogP contribution in [0.5, 0.6) is 5.88 Å². The molecule has 0 spiro atoms. The van der Waals surface area contributed by atoms with Gasteiger partial charge in [-0.15, -0.1) is 11.3 Å². The van der Waals surface area contributed by atoms with Gasteiger partial charge in [-0.3, -0.25) is 4.98 Å². The fourth-order valence-corrected chi connectivity index (χ4v) is 2.04. The smallest absolute Gasteiger partial charge is 0.237 e. The molecule has 1 unspecified atom stereocenters. The Kier molecular flexibility index (Phi) is 2.94. The maximum absolute atomic E-state index is 6.07. The van der Waals surface area contributed by atoms with Crippen LogP contribution in [0.1, 0.15) is 16.6 Å². The highest BCUT2D eigenvalue weighted by Gasteiger charge is 2.16. The van der Waals surface area contributed by atoms with Crippen LogP contribution >= 0.6 is 11.3 Å². The summed E-state index contributed by atoms with van der Waals surface area (Å²) < 4.78 is 5.12. The van der Waals surface area contributed by atoms with Gasteiger partial charge in [-0.1, -0.05) is 6.07 Å². The number of thiophene rings is 1. The summed E-state index contributed by atoms with van der Waals surface area (Å²) in [6, 6.07) is 3.67. The quantitative estimate of drug-likeness (QED) is 0.855. The number of hydrogen-bond acceptors (Lipinski definition) is 5. The first-order valence-corrected chi connectivity index (χ1v) is 5.34. The van der Waals surface area contributed by atoms with E-state index < -0.39 is 0 Å². The highest BCUT2D eigenvalue weighted by molar-refractivity contribution is 7.10. The molecule has 2 heterocycles. The summed E-state index contributed by atoms with van der Waals surface area (Å²) in [5, 5.41) is 1.98. The molecule has 0 saturated carbocycles. The van der Waals surface area contributed by atoms with Crippen LogP contribution in [0, 0.1) is 0 Å². The van der Waals surface area contributed by atoms with Crippen molar-refractivity contribution in [2.75, 3.05) is 7.11 Å². The molecule has 0 saturated heterocycles. The molecule has 0 aliphatic heterocycles. The molecular weight excluding hydrogens is 210 g/mol. The molecule has 0 fully saturated rings. The van der Waals surface area contributed by atoms with E-state index in [-0.39, 0.29) is 6.04 Å². The number of rotatable bonds is 3. The van der Waals surface area contributed by atoms with Crippen molar-refractivity contribution >= 4 is 11.3 Å². The minimum absolute atomic E-state index is 0.270. The minimum Gasteiger partial charge on any atom is -0.480 e. The summed E-state index contributed by atoms with van der Waals surface area (Å²) in [5.74, 6) is 0.485. The van der Waals surface area contributed by atoms with Crippen LogP contribution < -0.4 is 10.5 Å². The molecule has 2 aromatic rings. The Hall–Kier alpha value is -1.46. The molecule has 5 heteroatoms. The van der Waals surface area contributed by atoms with Crippen molar-refractivity contribution in [2.45, 2.75) is 6.04 Å². The Bertz CT molecular complexity index is 430. The fourth-order valence-electron chi connectivity index (χ4n) is 1.31. The van der Waals surface area contributed by atoms with Gasteiger partial charge in [0, 0.05) is 17.3 Å². The van der Waals surface area contributed by atoms with E-state index in [0.717, 1.165) is 4.88 Å². The molecule has 1 atom stereocenters. The Morgan fingerprint density at radius 2 is 2.20 bits per heavy atom. The number of aromatic nitrogens is 2. The Morgan fingerprint density at radius 3 is 2.87 bits per heavy atom. The summed E-state index contributed by atoms with van der Waals surface area (Å²) in [6.45, 7) is 0. The summed E-state index contributed by atoms with van der Waals surface area (Å²) in [6.07, 6.45) is 3.20. The van der Waals surface area contributed by atoms with Crippen molar-refractivity contribution in [1.82, 2.24) is 9.97 Å². The van der Waals surface area contributed by atoms with E-state index >= 15 is 0 Å². The molecule has 0 aromatic carbocycles. The van der Waals surface area contributed by atoms with Crippen molar-refractivity contribution < 1.29 is 4.74 Å². The van der Waals surface area contributed by atoms with E-state index in [9.17, 15) is 0 Å². The predicted octanol–water partition coefficient (Wildman–Crippen LogP) is 1.59. The molecule has 4 nitrogen and oxygen atoms in total. The first kappa shape index (κ1) is 10.1. The van der Waals surface area contributed by atoms with Gasteiger partial charge in [0.1, 0.15) is 5.69 Å². The molecule has 0 amide bonds. The van der Waals surface area contributed by atoms with Crippen LogP contribution in [0.4, 0.5) is 0 Å². The molecule has 2 aromatic heterocycles. The summed E-state index contributed by atoms with van der Waals surface area (Å²) in [5.41, 5.74) is 6.73. The van der Waals surface area contributed by atoms with Gasteiger partial charge in [0.2, 0.25) is 5.88 Å². The lowest BCUT2D eigenvalue weighted by atomic mass is 10.2. The van der Waals surface area contributed by atoms with E-state index in [1.807, 2.05) is 17.5 Å². The van der Waals surface area contributed by atoms with Gasteiger partial charge in [-0.05, 0) is 11.4 Å². The average molecular weight is 221 g/mol. The van der Waals surface area contributed by atoms with Crippen molar-refractivity contribution in [2.24, 2.45) is 5.73 Å². The van der Waals surface area contributed by atoms with Gasteiger partial charge >= 0.3 is 0 Å². The van der Waals surface area contributed by atoms with E-state index in [2.05, 4.69) is 9.97 Å². The zero-order chi connectivity index (χ0) is 10.7. The third-order valence-electron chi connectivity index (χ3n) is 2.03. The lowest BCUT2D eigenvalue weighted by molar-refractivity contribution is 0.387. The van der Waals surface area contributed by atoms with Crippen LogP contribution in [0.3, 0.4) is 0 Å². The molecule has 78 valence electrons. The largest absolute Gasteiger partial charge is 0.480 e. The van der Waals surface area contributed by atoms with E-state index in [0.29, 0.717) is 11.6 Å². The zero-order valence-corrected chi connectivity index (χ0v) is 9.07. The van der Waals surface area contributed by atoms with Crippen LogP contribution in [0.2, 0.25) is 0 Å². The SMILES string of the molecule is COc1nccnc1C(N)c1cccs1. The van der Waals surface area contributed by atoms with E-state index in [1.165, 1.54) is 0 Å². The molecule has 15 heavy (non-hydrogen) atoms. The highest BCUT2D eigenvalue weighted by Crippen LogP contribution is 2.26. The fraction of sp³-hybridized carbons (Fsp3) is 0.200. The predicted molar refractivity (Wildman–Crippen MR) is 58.9 cm³/mol. The van der Waals surface area contributed by atoms with Crippen molar-refractivity contribution in [1.29, 1.82) is 0 Å². The number of methoxy groups -OCH3 is 1. The zero-order valence-electron chi connectivity index (χ0n) is 8.25. The third-order valence-corrected chi connectivity index (χ3v) is 2.98. The molecule has 2 rings (SSSR count). The molecule has 0 aliphatic carbocycles. The van der Waals surface area contributed by atoms with Gasteiger partial charge in [-0.25, -0.2) is 4.98 Å². The second-order valence-corrected chi connectivity index (χ2v) is 3.92. The summed E-state index contributed by atoms with van der Waals surface area (Å²) >= 11 is 1.60. The van der Waals surface area contributed by atoms with Crippen LogP contribution in [-0.2, 0) is 0 Å². The second kappa shape index (κ2) is 4.37. The van der Waals surface area contributed by atoms with Crippen LogP contribution in [0.25, 0.3) is 0 Å². The number of ether oxygens (including phenoxy) is 1. The molecule has 0 aliphatic rings. The van der Waals surface area contributed by atoms with Crippen LogP contribution in [0.15, 0.2) is 29.9 Å². The number of nitrogens with two attached hydrogens (primary N) is 1. The van der Waals surface area contributed by atoms with Crippen LogP contribution in [-0.4, -0.2) is 17.1 Å². The Balaban J connectivity index is 2.37. The number of hydrogen-bond donors (Lipinski definition) is 1. The summed E-state index contributed by atoms with van der Waals surface area (Å²) in [4.78, 5) is 9.32. The van der Waals surface area contributed by atoms with E-state index in [1.54, 1.807) is 30.8 Å². The molecule has 0 bridgehead atoms. The topological polar surface area (TPSA) is 61.0 Å². The van der Waals surface area contributed by atoms with Gasteiger partial charge in [0.25, 0.3) is 0 Å². The maximum Gasteiger partial charge on any atom is 0.237 e. The normalized spacial score (nSPS) is 12.4. The minimum atomic E-state index is -0.270. The second-order valence-electron chi connectivity index (χ2n) is 2.94. The standard InChI is InChI=1S/C10H11N3OS/c1-14-10-9(12-4-5-13-10)8(11)7-3-2-6-15-7/h2-6,8H,11H2,1H3. The van der Waals surface area contributed by atoms with E-state index in [4.69, 9.17) is 10.5 Å². The lowest BCUT2D eigenvalue weighted by Crippen LogP contribution is -2.14. The highest BCUT2D eigenvalue weighted by atomic mass is 32.1. The first-order chi connectivity index (χ1) is 7.33. The monoisotopic (exact) mass is 221 g/mol. The van der Waals surface area contributed by atoms with Gasteiger partial charge in [-0.2, -0.15) is 0 Å². The first-order valence-electron chi connectivity index (χ1n) is 4.47. The Labute approximate surface area is 91.8 Å². The number of nitrogens with zero attached hydrogens (tertiary/aromatic N) is 2. The van der Waals surface area contributed by atoms with Gasteiger partial charge in [0.05, 0.1) is 13.2 Å².